The van der Waals surface area contributed by atoms with E-state index in [2.05, 4.69) is 63.2 Å². The van der Waals surface area contributed by atoms with Crippen molar-refractivity contribution in [3.8, 4) is 16.9 Å². The first-order chi connectivity index (χ1) is 18.0. The van der Waals surface area contributed by atoms with Crippen molar-refractivity contribution in [1.82, 2.24) is 4.40 Å². The average Bonchev–Trinajstić information content (AvgIpc) is 3.26. The Morgan fingerprint density at radius 2 is 1.57 bits per heavy atom. The summed E-state index contributed by atoms with van der Waals surface area (Å²) in [6, 6.07) is 25.0. The maximum Gasteiger partial charge on any atom is 0.361 e. The number of aryl methyl sites for hydroxylation is 3. The van der Waals surface area contributed by atoms with Crippen LogP contribution in [0.3, 0.4) is 0 Å². The first kappa shape index (κ1) is 21.7. The van der Waals surface area contributed by atoms with Crippen LogP contribution in [0.1, 0.15) is 16.7 Å². The molecule has 37 heavy (non-hydrogen) atoms. The Morgan fingerprint density at radius 1 is 0.730 bits per heavy atom. The Hall–Kier alpha value is -4.57. The molecule has 0 spiro atoms. The van der Waals surface area contributed by atoms with E-state index in [9.17, 15) is 4.79 Å². The van der Waals surface area contributed by atoms with Gasteiger partial charge >= 0.3 is 5.63 Å². The monoisotopic (exact) mass is 483 g/mol. The number of nitrogens with zero attached hydrogens (tertiary/aromatic N) is 1. The van der Waals surface area contributed by atoms with Crippen LogP contribution in [-0.2, 0) is 0 Å². The molecule has 3 aromatic heterocycles. The highest BCUT2D eigenvalue weighted by atomic mass is 16.5. The lowest BCUT2D eigenvalue weighted by atomic mass is 9.94. The first-order valence-corrected chi connectivity index (χ1v) is 12.4. The lowest BCUT2D eigenvalue weighted by molar-refractivity contribution is 0.412. The second-order valence-electron chi connectivity index (χ2n) is 9.89. The molecule has 7 aromatic rings. The van der Waals surface area contributed by atoms with Crippen molar-refractivity contribution in [1.29, 1.82) is 0 Å². The van der Waals surface area contributed by atoms with Crippen molar-refractivity contribution in [2.75, 3.05) is 7.11 Å². The Balaban J connectivity index is 1.84. The molecule has 3 heterocycles. The number of methoxy groups -OCH3 is 1. The van der Waals surface area contributed by atoms with E-state index in [0.29, 0.717) is 11.1 Å². The lowest BCUT2D eigenvalue weighted by Gasteiger charge is -2.11. The van der Waals surface area contributed by atoms with E-state index >= 15 is 0 Å². The highest BCUT2D eigenvalue weighted by molar-refractivity contribution is 6.27. The van der Waals surface area contributed by atoms with Gasteiger partial charge in [0.05, 0.1) is 12.6 Å². The molecule has 0 aliphatic carbocycles. The van der Waals surface area contributed by atoms with Crippen molar-refractivity contribution in [3.05, 3.63) is 106 Å². The molecule has 0 atom stereocenters. The molecule has 0 aliphatic heterocycles. The zero-order chi connectivity index (χ0) is 25.4. The zero-order valence-corrected chi connectivity index (χ0v) is 21.2. The molecule has 0 bridgehead atoms. The van der Waals surface area contributed by atoms with E-state index in [0.717, 1.165) is 60.3 Å². The Morgan fingerprint density at radius 3 is 2.38 bits per heavy atom. The number of rotatable bonds is 2. The van der Waals surface area contributed by atoms with Crippen LogP contribution in [0, 0.1) is 20.8 Å². The Labute approximate surface area is 213 Å². The van der Waals surface area contributed by atoms with Gasteiger partial charge in [-0.3, -0.25) is 0 Å². The number of hydrogen-bond acceptors (Lipinski definition) is 3. The van der Waals surface area contributed by atoms with Gasteiger partial charge in [0.25, 0.3) is 0 Å². The van der Waals surface area contributed by atoms with E-state index < -0.39 is 0 Å². The molecule has 0 N–H and O–H groups in total. The van der Waals surface area contributed by atoms with E-state index in [1.165, 1.54) is 11.1 Å². The van der Waals surface area contributed by atoms with Gasteiger partial charge in [0.15, 0.2) is 0 Å². The van der Waals surface area contributed by atoms with E-state index in [-0.39, 0.29) is 5.63 Å². The van der Waals surface area contributed by atoms with Gasteiger partial charge in [0, 0.05) is 27.9 Å². The second kappa shape index (κ2) is 7.71. The van der Waals surface area contributed by atoms with E-state index in [1.807, 2.05) is 40.9 Å². The summed E-state index contributed by atoms with van der Waals surface area (Å²) in [7, 11) is 1.70. The molecular weight excluding hydrogens is 458 g/mol. The fourth-order valence-electron chi connectivity index (χ4n) is 5.79. The molecule has 4 aromatic carbocycles. The molecule has 0 saturated heterocycles. The Kier molecular flexibility index (Phi) is 4.52. The topological polar surface area (TPSA) is 43.9 Å². The lowest BCUT2D eigenvalue weighted by Crippen LogP contribution is -2.02. The third-order valence-corrected chi connectivity index (χ3v) is 7.76. The number of fused-ring (bicyclic) bond motifs is 9. The molecule has 180 valence electrons. The maximum absolute atomic E-state index is 13.6. The number of aromatic nitrogens is 1. The van der Waals surface area contributed by atoms with Crippen LogP contribution in [0.25, 0.3) is 60.1 Å². The molecule has 0 radical (unpaired) electrons. The summed E-state index contributed by atoms with van der Waals surface area (Å²) in [5, 5.41) is 6.18. The van der Waals surface area contributed by atoms with Crippen LogP contribution in [0.2, 0.25) is 0 Å². The largest absolute Gasteiger partial charge is 0.496 e. The maximum atomic E-state index is 13.6. The summed E-state index contributed by atoms with van der Waals surface area (Å²) < 4.78 is 13.6. The SMILES string of the molecule is COc1cc2ccn3c(c(-c4ccc(C)c(C)c4)c4c5c(ccc6ccccc65)oc(=O)c43)c2cc1C. The highest BCUT2D eigenvalue weighted by Crippen LogP contribution is 2.44. The molecule has 4 nitrogen and oxygen atoms in total. The highest BCUT2D eigenvalue weighted by Gasteiger charge is 2.23. The molecule has 0 amide bonds. The summed E-state index contributed by atoms with van der Waals surface area (Å²) in [6.07, 6.45) is 1.98. The van der Waals surface area contributed by atoms with Gasteiger partial charge in [-0.05, 0) is 83.4 Å². The molecule has 0 unspecified atom stereocenters. The van der Waals surface area contributed by atoms with Gasteiger partial charge in [0.1, 0.15) is 16.8 Å². The van der Waals surface area contributed by atoms with Crippen LogP contribution < -0.4 is 10.4 Å². The summed E-state index contributed by atoms with van der Waals surface area (Å²) in [5.74, 6) is 0.844. The van der Waals surface area contributed by atoms with Crippen LogP contribution >= 0.6 is 0 Å². The van der Waals surface area contributed by atoms with Gasteiger partial charge in [-0.2, -0.15) is 0 Å². The van der Waals surface area contributed by atoms with Gasteiger partial charge < -0.3 is 13.6 Å². The average molecular weight is 484 g/mol. The van der Waals surface area contributed by atoms with Gasteiger partial charge in [-0.1, -0.05) is 48.5 Å². The zero-order valence-electron chi connectivity index (χ0n) is 21.2. The smallest absolute Gasteiger partial charge is 0.361 e. The van der Waals surface area contributed by atoms with E-state index in [1.54, 1.807) is 7.11 Å². The second-order valence-corrected chi connectivity index (χ2v) is 9.89. The molecule has 0 aliphatic rings. The molecular formula is C33H25NO3. The van der Waals surface area contributed by atoms with Crippen molar-refractivity contribution in [2.24, 2.45) is 0 Å². The third-order valence-electron chi connectivity index (χ3n) is 7.76. The van der Waals surface area contributed by atoms with Gasteiger partial charge in [-0.25, -0.2) is 4.79 Å². The summed E-state index contributed by atoms with van der Waals surface area (Å²) in [6.45, 7) is 6.31. The normalized spacial score (nSPS) is 11.9. The third kappa shape index (κ3) is 2.99. The molecule has 0 saturated carbocycles. The molecule has 0 fully saturated rings. The van der Waals surface area contributed by atoms with Crippen molar-refractivity contribution >= 4 is 48.9 Å². The van der Waals surface area contributed by atoms with Crippen molar-refractivity contribution < 1.29 is 9.15 Å². The van der Waals surface area contributed by atoms with Gasteiger partial charge in [-0.15, -0.1) is 0 Å². The first-order valence-electron chi connectivity index (χ1n) is 12.4. The number of ether oxygens (including phenoxy) is 1. The fourth-order valence-corrected chi connectivity index (χ4v) is 5.79. The minimum Gasteiger partial charge on any atom is -0.496 e. The number of hydrogen-bond donors (Lipinski definition) is 0. The summed E-state index contributed by atoms with van der Waals surface area (Å²) in [5.41, 5.74) is 7.42. The standard InChI is InChI=1S/C33H25NO3/c1-18-9-10-23(15-19(18)2)28-30-29-24-8-6-5-7-21(24)11-12-26(29)37-33(35)32(30)34-14-13-22-17-27(36-4)20(3)16-25(22)31(28)34/h5-17H,1-4H3. The Bertz CT molecular complexity index is 2130. The van der Waals surface area contributed by atoms with Crippen molar-refractivity contribution in [3.63, 3.8) is 0 Å². The van der Waals surface area contributed by atoms with Gasteiger partial charge in [0.2, 0.25) is 0 Å². The fraction of sp³-hybridized carbons (Fsp3) is 0.121. The summed E-state index contributed by atoms with van der Waals surface area (Å²) >= 11 is 0. The predicted octanol–water partition coefficient (Wildman–Crippen LogP) is 8.11. The van der Waals surface area contributed by atoms with Crippen LogP contribution in [0.5, 0.6) is 5.75 Å². The summed E-state index contributed by atoms with van der Waals surface area (Å²) in [4.78, 5) is 13.6. The van der Waals surface area contributed by atoms with Crippen LogP contribution in [0.4, 0.5) is 0 Å². The molecule has 4 heteroatoms. The van der Waals surface area contributed by atoms with Crippen LogP contribution in [-0.4, -0.2) is 11.5 Å². The minimum atomic E-state index is -0.340. The minimum absolute atomic E-state index is 0.340. The van der Waals surface area contributed by atoms with Crippen molar-refractivity contribution in [2.45, 2.75) is 20.8 Å². The van der Waals surface area contributed by atoms with E-state index in [4.69, 9.17) is 9.15 Å². The quantitative estimate of drug-likeness (QED) is 0.184. The number of benzene rings is 4. The number of pyridine rings is 1. The molecule has 7 rings (SSSR count). The van der Waals surface area contributed by atoms with Crippen LogP contribution in [0.15, 0.2) is 88.2 Å². The predicted molar refractivity (Wildman–Crippen MR) is 152 cm³/mol.